The maximum absolute atomic E-state index is 12.9. The van der Waals surface area contributed by atoms with E-state index in [0.29, 0.717) is 0 Å². The van der Waals surface area contributed by atoms with Crippen LogP contribution in [-0.4, -0.2) is 6.54 Å². The van der Waals surface area contributed by atoms with Crippen molar-refractivity contribution in [3.63, 3.8) is 0 Å². The van der Waals surface area contributed by atoms with Crippen LogP contribution in [0.15, 0.2) is 17.2 Å². The third kappa shape index (κ3) is 3.49. The molecule has 0 unspecified atom stereocenters. The van der Waals surface area contributed by atoms with E-state index in [1.165, 1.54) is 0 Å². The summed E-state index contributed by atoms with van der Waals surface area (Å²) in [5.41, 5.74) is 8.10. The fourth-order valence-corrected chi connectivity index (χ4v) is 1.05. The third-order valence-electron chi connectivity index (χ3n) is 1.80. The quantitative estimate of drug-likeness (QED) is 0.254. The molecule has 0 heterocycles. The maximum atomic E-state index is 12.9. The first-order valence-corrected chi connectivity index (χ1v) is 4.58. The standard InChI is InChI=1S/C11H6F2N4/c12-10-5-8(3-1-2-4-16-17-15)9(7-14)6-11(10)13/h5-6H,2,4H2. The van der Waals surface area contributed by atoms with Gasteiger partial charge in [0.15, 0.2) is 11.6 Å². The fourth-order valence-electron chi connectivity index (χ4n) is 1.05. The van der Waals surface area contributed by atoms with Crippen LogP contribution in [0.1, 0.15) is 17.5 Å². The summed E-state index contributed by atoms with van der Waals surface area (Å²) in [5.74, 6) is 3.00. The van der Waals surface area contributed by atoms with Crippen molar-refractivity contribution in [3.05, 3.63) is 45.3 Å². The topological polar surface area (TPSA) is 72.5 Å². The summed E-state index contributed by atoms with van der Waals surface area (Å²) in [6.45, 7) is 0.190. The van der Waals surface area contributed by atoms with Gasteiger partial charge in [0, 0.05) is 23.4 Å². The van der Waals surface area contributed by atoms with Gasteiger partial charge in [0.2, 0.25) is 0 Å². The summed E-state index contributed by atoms with van der Waals surface area (Å²) in [5, 5.41) is 12.0. The predicted octanol–water partition coefficient (Wildman–Crippen LogP) is 2.89. The molecule has 6 heteroatoms. The van der Waals surface area contributed by atoms with E-state index in [2.05, 4.69) is 21.9 Å². The molecule has 1 aromatic carbocycles. The highest BCUT2D eigenvalue weighted by atomic mass is 19.2. The lowest BCUT2D eigenvalue weighted by Gasteiger charge is -1.97. The Balaban J connectivity index is 2.94. The molecule has 0 saturated heterocycles. The maximum Gasteiger partial charge on any atom is 0.160 e. The monoisotopic (exact) mass is 232 g/mol. The summed E-state index contributed by atoms with van der Waals surface area (Å²) in [7, 11) is 0. The lowest BCUT2D eigenvalue weighted by molar-refractivity contribution is 0.508. The average Bonchev–Trinajstić information content (AvgIpc) is 2.33. The summed E-state index contributed by atoms with van der Waals surface area (Å²) in [6.07, 6.45) is 0.286. The lowest BCUT2D eigenvalue weighted by Crippen LogP contribution is -1.91. The average molecular weight is 232 g/mol. The van der Waals surface area contributed by atoms with E-state index in [1.807, 2.05) is 0 Å². The largest absolute Gasteiger partial charge is 0.204 e. The van der Waals surface area contributed by atoms with Crippen LogP contribution < -0.4 is 0 Å². The molecule has 1 rings (SSSR count). The number of nitriles is 1. The predicted molar refractivity (Wildman–Crippen MR) is 56.6 cm³/mol. The molecule has 0 N–H and O–H groups in total. The molecule has 0 amide bonds. The van der Waals surface area contributed by atoms with Crippen LogP contribution in [0, 0.1) is 34.8 Å². The molecule has 0 radical (unpaired) electrons. The molecule has 0 aliphatic rings. The first kappa shape index (κ1) is 12.5. The molecule has 0 aromatic heterocycles. The van der Waals surface area contributed by atoms with Crippen molar-refractivity contribution in [2.75, 3.05) is 6.54 Å². The molecule has 0 spiro atoms. The van der Waals surface area contributed by atoms with Gasteiger partial charge in [0.05, 0.1) is 5.56 Å². The van der Waals surface area contributed by atoms with Crippen molar-refractivity contribution in [2.45, 2.75) is 6.42 Å². The Hall–Kier alpha value is -2.56. The molecule has 0 bridgehead atoms. The first-order valence-electron chi connectivity index (χ1n) is 4.58. The van der Waals surface area contributed by atoms with Gasteiger partial charge < -0.3 is 0 Å². The highest BCUT2D eigenvalue weighted by molar-refractivity contribution is 5.48. The van der Waals surface area contributed by atoms with Crippen LogP contribution in [0.3, 0.4) is 0 Å². The van der Waals surface area contributed by atoms with Crippen LogP contribution in [0.25, 0.3) is 10.4 Å². The number of hydrogen-bond donors (Lipinski definition) is 0. The van der Waals surface area contributed by atoms with Crippen molar-refractivity contribution in [3.8, 4) is 17.9 Å². The number of halogens is 2. The number of rotatable bonds is 2. The normalized spacial score (nSPS) is 8.53. The van der Waals surface area contributed by atoms with E-state index < -0.39 is 11.6 Å². The van der Waals surface area contributed by atoms with Gasteiger partial charge >= 0.3 is 0 Å². The number of hydrogen-bond acceptors (Lipinski definition) is 2. The fraction of sp³-hybridized carbons (Fsp3) is 0.182. The second kappa shape index (κ2) is 6.12. The Bertz CT molecular complexity index is 572. The molecule has 4 nitrogen and oxygen atoms in total. The Morgan fingerprint density at radius 3 is 2.53 bits per heavy atom. The van der Waals surface area contributed by atoms with Crippen LogP contribution >= 0.6 is 0 Å². The molecule has 0 aliphatic heterocycles. The zero-order valence-electron chi connectivity index (χ0n) is 8.61. The van der Waals surface area contributed by atoms with Gasteiger partial charge in [-0.15, -0.1) is 0 Å². The molecule has 0 fully saturated rings. The second-order valence-electron chi connectivity index (χ2n) is 2.93. The summed E-state index contributed by atoms with van der Waals surface area (Å²) in [6, 6.07) is 3.39. The van der Waals surface area contributed by atoms with Gasteiger partial charge in [-0.1, -0.05) is 17.0 Å². The van der Waals surface area contributed by atoms with Crippen LogP contribution in [-0.2, 0) is 0 Å². The van der Waals surface area contributed by atoms with E-state index in [0.717, 1.165) is 12.1 Å². The lowest BCUT2D eigenvalue weighted by atomic mass is 10.1. The van der Waals surface area contributed by atoms with Crippen molar-refractivity contribution in [1.29, 1.82) is 5.26 Å². The SMILES string of the molecule is N#Cc1cc(F)c(F)cc1C#CCCN=[N+]=[N-]. The van der Waals surface area contributed by atoms with Crippen LogP contribution in [0.4, 0.5) is 8.78 Å². The zero-order chi connectivity index (χ0) is 12.7. The van der Waals surface area contributed by atoms with Crippen LogP contribution in [0.5, 0.6) is 0 Å². The Morgan fingerprint density at radius 1 is 1.29 bits per heavy atom. The molecular weight excluding hydrogens is 226 g/mol. The highest BCUT2D eigenvalue weighted by Crippen LogP contribution is 2.13. The Morgan fingerprint density at radius 2 is 1.94 bits per heavy atom. The molecule has 84 valence electrons. The minimum atomic E-state index is -1.08. The van der Waals surface area contributed by atoms with Crippen molar-refractivity contribution in [2.24, 2.45) is 5.11 Å². The smallest absolute Gasteiger partial charge is 0.160 e. The van der Waals surface area contributed by atoms with E-state index in [1.54, 1.807) is 6.07 Å². The summed E-state index contributed by atoms with van der Waals surface area (Å²) >= 11 is 0. The molecule has 0 atom stereocenters. The molecule has 17 heavy (non-hydrogen) atoms. The Kier molecular flexibility index (Phi) is 4.50. The van der Waals surface area contributed by atoms with E-state index in [-0.39, 0.29) is 24.1 Å². The minimum absolute atomic E-state index is 0.0276. The molecule has 0 aliphatic carbocycles. The van der Waals surface area contributed by atoms with Crippen molar-refractivity contribution >= 4 is 0 Å². The summed E-state index contributed by atoms with van der Waals surface area (Å²) in [4.78, 5) is 2.53. The second-order valence-corrected chi connectivity index (χ2v) is 2.93. The summed E-state index contributed by atoms with van der Waals surface area (Å²) < 4.78 is 25.7. The molecule has 1 aromatic rings. The van der Waals surface area contributed by atoms with Gasteiger partial charge in [-0.3, -0.25) is 0 Å². The zero-order valence-corrected chi connectivity index (χ0v) is 8.61. The van der Waals surface area contributed by atoms with E-state index in [9.17, 15) is 8.78 Å². The van der Waals surface area contributed by atoms with Gasteiger partial charge in [-0.2, -0.15) is 5.26 Å². The number of benzene rings is 1. The van der Waals surface area contributed by atoms with Gasteiger partial charge in [0.1, 0.15) is 6.07 Å². The molecule has 0 saturated carbocycles. The van der Waals surface area contributed by atoms with E-state index >= 15 is 0 Å². The van der Waals surface area contributed by atoms with Crippen molar-refractivity contribution < 1.29 is 8.78 Å². The third-order valence-corrected chi connectivity index (χ3v) is 1.80. The van der Waals surface area contributed by atoms with E-state index in [4.69, 9.17) is 10.8 Å². The Labute approximate surface area is 96.1 Å². The van der Waals surface area contributed by atoms with Gasteiger partial charge in [0.25, 0.3) is 0 Å². The number of azide groups is 1. The van der Waals surface area contributed by atoms with Crippen LogP contribution in [0.2, 0.25) is 0 Å². The number of nitrogens with zero attached hydrogens (tertiary/aromatic N) is 4. The van der Waals surface area contributed by atoms with Gasteiger partial charge in [-0.25, -0.2) is 8.78 Å². The first-order chi connectivity index (χ1) is 8.19. The van der Waals surface area contributed by atoms with Crippen molar-refractivity contribution in [1.82, 2.24) is 0 Å². The molecular formula is C11H6F2N4. The highest BCUT2D eigenvalue weighted by Gasteiger charge is 2.07. The van der Waals surface area contributed by atoms with Gasteiger partial charge in [-0.05, 0) is 17.7 Å². The minimum Gasteiger partial charge on any atom is -0.204 e.